The van der Waals surface area contributed by atoms with Crippen LogP contribution < -0.4 is 21.3 Å². The average molecular weight is 757 g/mol. The maximum atomic E-state index is 14.0. The van der Waals surface area contributed by atoms with Crippen LogP contribution in [-0.4, -0.2) is 92.5 Å². The number of hydrogen-bond donors (Lipinski definition) is 4. The third-order valence-electron chi connectivity index (χ3n) is 10.7. The number of nitrogens with zero attached hydrogens (tertiary/aromatic N) is 4. The van der Waals surface area contributed by atoms with Crippen molar-refractivity contribution >= 4 is 58.1 Å². The molecule has 2 fully saturated rings. The van der Waals surface area contributed by atoms with E-state index in [0.29, 0.717) is 48.8 Å². The van der Waals surface area contributed by atoms with Gasteiger partial charge in [0, 0.05) is 23.8 Å². The SMILES string of the molecule is CC[C@H](C)[C@@H]1NC(=O)c2csc(n2)[C@@H](C(C)C)NC(=O)[C@@H]2CCN2C(=O)[C@H]([C@@H](C)CC)NC(=O)c2csc(n2)[C@@H](C(C)C)NC(=O)[C@@H]2CCN2C1=O. The van der Waals surface area contributed by atoms with Crippen LogP contribution >= 0.6 is 22.7 Å². The van der Waals surface area contributed by atoms with E-state index in [-0.39, 0.29) is 58.7 Å². The first-order valence-corrected chi connectivity index (χ1v) is 20.2. The molecule has 0 spiro atoms. The molecule has 5 rings (SSSR count). The second-order valence-corrected chi connectivity index (χ2v) is 16.7. The fourth-order valence-electron chi connectivity index (χ4n) is 6.60. The Labute approximate surface area is 313 Å². The van der Waals surface area contributed by atoms with E-state index in [9.17, 15) is 28.8 Å². The number of amides is 6. The zero-order valence-corrected chi connectivity index (χ0v) is 32.9. The zero-order valence-electron chi connectivity index (χ0n) is 31.2. The van der Waals surface area contributed by atoms with Crippen molar-refractivity contribution in [2.24, 2.45) is 23.7 Å². The fraction of sp³-hybridized carbons (Fsp3) is 0.667. The molecule has 2 aromatic rings. The standard InChI is InChI=1S/C36H52N8O6S2/c1-9-19(7)27-35(49)43-13-11-23(43)31(47)39-26(18(5)6)34-38-22(16-52-34)30(46)42-28(20(8)10-2)36(50)44-14-12-24(44)32(48)40-25(17(3)4)33-37-21(15-51-33)29(45)41-27/h15-20,23-28H,9-14H2,1-8H3,(H,39,47)(H,40,48)(H,41,45)(H,42,46)/t19-,20-,23-,24-,25+,26+,27-,28-/m0/s1. The van der Waals surface area contributed by atoms with Gasteiger partial charge in [0.2, 0.25) is 23.6 Å². The van der Waals surface area contributed by atoms with Gasteiger partial charge in [0.15, 0.2) is 0 Å². The van der Waals surface area contributed by atoms with Crippen LogP contribution in [0.2, 0.25) is 0 Å². The van der Waals surface area contributed by atoms with Gasteiger partial charge in [-0.3, -0.25) is 28.8 Å². The maximum Gasteiger partial charge on any atom is 0.271 e. The normalized spacial score (nSPS) is 27.7. The summed E-state index contributed by atoms with van der Waals surface area (Å²) in [6.45, 7) is 16.1. The van der Waals surface area contributed by atoms with Crippen molar-refractivity contribution in [3.05, 3.63) is 32.2 Å². The number of hydrogen-bond acceptors (Lipinski definition) is 10. The van der Waals surface area contributed by atoms with Crippen LogP contribution in [0.25, 0.3) is 0 Å². The third-order valence-corrected chi connectivity index (χ3v) is 12.6. The lowest BCUT2D eigenvalue weighted by molar-refractivity contribution is -0.150. The first kappa shape index (κ1) is 39.3. The minimum atomic E-state index is -0.883. The fourth-order valence-corrected chi connectivity index (χ4v) is 8.64. The van der Waals surface area contributed by atoms with Crippen LogP contribution in [0.15, 0.2) is 10.8 Å². The van der Waals surface area contributed by atoms with Crippen molar-refractivity contribution in [3.63, 3.8) is 0 Å². The van der Waals surface area contributed by atoms with E-state index in [0.717, 1.165) is 0 Å². The number of carbonyl (C=O) groups is 6. The molecule has 14 nitrogen and oxygen atoms in total. The first-order chi connectivity index (χ1) is 24.7. The van der Waals surface area contributed by atoms with Crippen LogP contribution in [0, 0.1) is 23.7 Å². The maximum absolute atomic E-state index is 14.0. The largest absolute Gasteiger partial charge is 0.345 e. The molecule has 2 aromatic heterocycles. The molecule has 2 saturated heterocycles. The van der Waals surface area contributed by atoms with Crippen molar-refractivity contribution in [3.8, 4) is 0 Å². The Hall–Kier alpha value is -3.92. The molecule has 0 saturated carbocycles. The van der Waals surface area contributed by atoms with Gasteiger partial charge in [-0.2, -0.15) is 0 Å². The summed E-state index contributed by atoms with van der Waals surface area (Å²) in [4.78, 5) is 94.8. The third kappa shape index (κ3) is 8.02. The number of rotatable bonds is 6. The summed E-state index contributed by atoms with van der Waals surface area (Å²) in [6.07, 6.45) is 2.16. The molecule has 3 aliphatic heterocycles. The second kappa shape index (κ2) is 16.4. The highest BCUT2D eigenvalue weighted by Gasteiger charge is 2.45. The Bertz CT molecular complexity index is 1550. The van der Waals surface area contributed by atoms with Gasteiger partial charge >= 0.3 is 0 Å². The van der Waals surface area contributed by atoms with Gasteiger partial charge in [-0.05, 0) is 36.5 Å². The van der Waals surface area contributed by atoms with E-state index in [1.807, 2.05) is 55.4 Å². The zero-order chi connectivity index (χ0) is 38.0. The minimum absolute atomic E-state index is 0.0943. The molecule has 0 aromatic carbocycles. The van der Waals surface area contributed by atoms with Crippen LogP contribution in [0.1, 0.15) is 124 Å². The van der Waals surface area contributed by atoms with Crippen molar-refractivity contribution in [2.45, 2.75) is 117 Å². The minimum Gasteiger partial charge on any atom is -0.345 e. The summed E-state index contributed by atoms with van der Waals surface area (Å²) in [6, 6.07) is -4.28. The van der Waals surface area contributed by atoms with Gasteiger partial charge in [0.25, 0.3) is 11.8 Å². The molecule has 8 atom stereocenters. The molecule has 0 unspecified atom stereocenters. The van der Waals surface area contributed by atoms with Gasteiger partial charge in [0.1, 0.15) is 45.6 Å². The van der Waals surface area contributed by atoms with E-state index >= 15 is 0 Å². The Morgan fingerprint density at radius 2 is 0.981 bits per heavy atom. The van der Waals surface area contributed by atoms with E-state index in [4.69, 9.17) is 0 Å². The molecule has 52 heavy (non-hydrogen) atoms. The Kier molecular flexibility index (Phi) is 12.4. The van der Waals surface area contributed by atoms with Crippen LogP contribution in [0.4, 0.5) is 0 Å². The van der Waals surface area contributed by atoms with Crippen LogP contribution in [-0.2, 0) is 19.2 Å². The smallest absolute Gasteiger partial charge is 0.271 e. The number of fused-ring (bicyclic) bond motifs is 6. The molecule has 6 amide bonds. The van der Waals surface area contributed by atoms with E-state index in [1.54, 1.807) is 10.8 Å². The molecule has 3 aliphatic rings. The highest BCUT2D eigenvalue weighted by atomic mass is 32.1. The van der Waals surface area contributed by atoms with Gasteiger partial charge in [0.05, 0.1) is 12.1 Å². The lowest BCUT2D eigenvalue weighted by atomic mass is 9.93. The molecular formula is C36H52N8O6S2. The Morgan fingerprint density at radius 3 is 1.27 bits per heavy atom. The summed E-state index contributed by atoms with van der Waals surface area (Å²) in [5, 5.41) is 16.2. The quantitative estimate of drug-likeness (QED) is 0.346. The number of nitrogens with one attached hydrogen (secondary N) is 4. The highest BCUT2D eigenvalue weighted by Crippen LogP contribution is 2.30. The van der Waals surface area contributed by atoms with E-state index < -0.39 is 48.1 Å². The molecule has 5 heterocycles. The predicted octanol–water partition coefficient (Wildman–Crippen LogP) is 3.43. The van der Waals surface area contributed by atoms with Crippen molar-refractivity contribution in [1.82, 2.24) is 41.0 Å². The molecule has 0 aliphatic carbocycles. The molecular weight excluding hydrogens is 705 g/mol. The Balaban J connectivity index is 1.50. The average Bonchev–Trinajstić information content (AvgIpc) is 3.76. The van der Waals surface area contributed by atoms with Crippen molar-refractivity contribution in [1.29, 1.82) is 0 Å². The summed E-state index contributed by atoms with van der Waals surface area (Å²) in [5.74, 6) is -3.01. The molecule has 4 bridgehead atoms. The molecule has 284 valence electrons. The topological polar surface area (TPSA) is 183 Å². The lowest BCUT2D eigenvalue weighted by Gasteiger charge is -2.43. The summed E-state index contributed by atoms with van der Waals surface area (Å²) < 4.78 is 0. The van der Waals surface area contributed by atoms with Crippen molar-refractivity contribution in [2.75, 3.05) is 13.1 Å². The van der Waals surface area contributed by atoms with E-state index in [2.05, 4.69) is 31.2 Å². The monoisotopic (exact) mass is 756 g/mol. The number of carbonyl (C=O) groups excluding carboxylic acids is 6. The van der Waals surface area contributed by atoms with Crippen LogP contribution in [0.3, 0.4) is 0 Å². The summed E-state index contributed by atoms with van der Waals surface area (Å²) in [5.41, 5.74) is 0.257. The Morgan fingerprint density at radius 1 is 0.615 bits per heavy atom. The van der Waals surface area contributed by atoms with Gasteiger partial charge < -0.3 is 31.1 Å². The highest BCUT2D eigenvalue weighted by molar-refractivity contribution is 7.10. The van der Waals surface area contributed by atoms with Crippen LogP contribution in [0.5, 0.6) is 0 Å². The number of aromatic nitrogens is 2. The van der Waals surface area contributed by atoms with Gasteiger partial charge in [-0.25, -0.2) is 9.97 Å². The van der Waals surface area contributed by atoms with Crippen molar-refractivity contribution < 1.29 is 28.8 Å². The molecule has 4 N–H and O–H groups in total. The molecule has 0 radical (unpaired) electrons. The van der Waals surface area contributed by atoms with Gasteiger partial charge in [-0.15, -0.1) is 22.7 Å². The lowest BCUT2D eigenvalue weighted by Crippen LogP contribution is -2.64. The predicted molar refractivity (Wildman–Crippen MR) is 197 cm³/mol. The summed E-state index contributed by atoms with van der Waals surface area (Å²) in [7, 11) is 0. The van der Waals surface area contributed by atoms with Gasteiger partial charge in [-0.1, -0.05) is 68.2 Å². The first-order valence-electron chi connectivity index (χ1n) is 18.4. The summed E-state index contributed by atoms with van der Waals surface area (Å²) >= 11 is 2.47. The number of thiazole rings is 2. The van der Waals surface area contributed by atoms with E-state index in [1.165, 1.54) is 32.5 Å². The second-order valence-electron chi connectivity index (χ2n) is 14.9. The molecule has 16 heteroatoms.